The molecule has 2 rings (SSSR count). The highest BCUT2D eigenvalue weighted by molar-refractivity contribution is 6.31. The summed E-state index contributed by atoms with van der Waals surface area (Å²) in [5.41, 5.74) is 6.94. The molecule has 0 bridgehead atoms. The Morgan fingerprint density at radius 3 is 2.76 bits per heavy atom. The van der Waals surface area contributed by atoms with Crippen molar-refractivity contribution in [2.24, 2.45) is 0 Å². The van der Waals surface area contributed by atoms with Gasteiger partial charge in [0.15, 0.2) is 0 Å². The van der Waals surface area contributed by atoms with E-state index in [0.717, 1.165) is 5.69 Å². The summed E-state index contributed by atoms with van der Waals surface area (Å²) in [5, 5.41) is 3.74. The standard InChI is InChI=1S/C12H12ClN3O/c1-17-11-4-2-8(13)6-10(11)16-12-5-3-9(14)7-15-12/h2-7H,14H2,1H3,(H,15,16). The highest BCUT2D eigenvalue weighted by atomic mass is 35.5. The molecule has 3 N–H and O–H groups in total. The summed E-state index contributed by atoms with van der Waals surface area (Å²) >= 11 is 5.93. The molecule has 0 saturated heterocycles. The molecule has 17 heavy (non-hydrogen) atoms. The van der Waals surface area contributed by atoms with E-state index in [1.165, 1.54) is 0 Å². The molecule has 0 aliphatic carbocycles. The van der Waals surface area contributed by atoms with Crippen molar-refractivity contribution in [2.75, 3.05) is 18.2 Å². The molecule has 0 fully saturated rings. The predicted molar refractivity (Wildman–Crippen MR) is 69.9 cm³/mol. The van der Waals surface area contributed by atoms with E-state index < -0.39 is 0 Å². The highest BCUT2D eigenvalue weighted by Gasteiger charge is 2.04. The van der Waals surface area contributed by atoms with E-state index in [1.54, 1.807) is 43.6 Å². The summed E-state index contributed by atoms with van der Waals surface area (Å²) in [6, 6.07) is 8.89. The van der Waals surface area contributed by atoms with Gasteiger partial charge in [-0.2, -0.15) is 0 Å². The summed E-state index contributed by atoms with van der Waals surface area (Å²) in [6.45, 7) is 0. The van der Waals surface area contributed by atoms with Crippen LogP contribution in [0.3, 0.4) is 0 Å². The third-order valence-electron chi connectivity index (χ3n) is 2.21. The van der Waals surface area contributed by atoms with Gasteiger partial charge in [0, 0.05) is 5.02 Å². The maximum absolute atomic E-state index is 5.93. The number of nitrogens with zero attached hydrogens (tertiary/aromatic N) is 1. The molecule has 1 aromatic carbocycles. The van der Waals surface area contributed by atoms with Crippen molar-refractivity contribution in [1.82, 2.24) is 4.98 Å². The number of hydrogen-bond donors (Lipinski definition) is 2. The molecule has 0 unspecified atom stereocenters. The number of halogens is 1. The predicted octanol–water partition coefficient (Wildman–Crippen LogP) is 3.07. The summed E-state index contributed by atoms with van der Waals surface area (Å²) < 4.78 is 5.22. The topological polar surface area (TPSA) is 60.2 Å². The molecule has 4 nitrogen and oxygen atoms in total. The first kappa shape index (κ1) is 11.5. The summed E-state index contributed by atoms with van der Waals surface area (Å²) in [4.78, 5) is 4.14. The van der Waals surface area contributed by atoms with Crippen molar-refractivity contribution in [3.05, 3.63) is 41.6 Å². The molecule has 5 heteroatoms. The van der Waals surface area contributed by atoms with Gasteiger partial charge in [0.2, 0.25) is 0 Å². The number of rotatable bonds is 3. The van der Waals surface area contributed by atoms with Gasteiger partial charge in [-0.25, -0.2) is 4.98 Å². The average Bonchev–Trinajstić information content (AvgIpc) is 2.32. The van der Waals surface area contributed by atoms with Crippen LogP contribution in [0, 0.1) is 0 Å². The minimum atomic E-state index is 0.619. The number of methoxy groups -OCH3 is 1. The van der Waals surface area contributed by atoms with E-state index in [2.05, 4.69) is 10.3 Å². The van der Waals surface area contributed by atoms with Gasteiger partial charge < -0.3 is 15.8 Å². The van der Waals surface area contributed by atoms with Gasteiger partial charge >= 0.3 is 0 Å². The molecule has 0 amide bonds. The van der Waals surface area contributed by atoms with Crippen molar-refractivity contribution < 1.29 is 4.74 Å². The largest absolute Gasteiger partial charge is 0.495 e. The lowest BCUT2D eigenvalue weighted by molar-refractivity contribution is 0.417. The fraction of sp³-hybridized carbons (Fsp3) is 0.0833. The third kappa shape index (κ3) is 2.79. The monoisotopic (exact) mass is 249 g/mol. The van der Waals surface area contributed by atoms with Gasteiger partial charge in [0.1, 0.15) is 11.6 Å². The summed E-state index contributed by atoms with van der Waals surface area (Å²) in [6.07, 6.45) is 1.58. The normalized spacial score (nSPS) is 10.0. The maximum atomic E-state index is 5.93. The average molecular weight is 250 g/mol. The van der Waals surface area contributed by atoms with Gasteiger partial charge in [-0.1, -0.05) is 11.6 Å². The van der Waals surface area contributed by atoms with E-state index in [-0.39, 0.29) is 0 Å². The van der Waals surface area contributed by atoms with Crippen molar-refractivity contribution in [3.63, 3.8) is 0 Å². The Hall–Kier alpha value is -1.94. The molecule has 0 aliphatic rings. The minimum absolute atomic E-state index is 0.619. The number of nitrogen functional groups attached to an aromatic ring is 1. The van der Waals surface area contributed by atoms with Crippen molar-refractivity contribution in [3.8, 4) is 5.75 Å². The van der Waals surface area contributed by atoms with Crippen molar-refractivity contribution >= 4 is 28.8 Å². The molecule has 0 aliphatic heterocycles. The second-order valence-corrected chi connectivity index (χ2v) is 3.88. The van der Waals surface area contributed by atoms with Crippen LogP contribution in [0.2, 0.25) is 5.02 Å². The van der Waals surface area contributed by atoms with Crippen LogP contribution in [0.5, 0.6) is 5.75 Å². The maximum Gasteiger partial charge on any atom is 0.142 e. The Bertz CT molecular complexity index is 514. The van der Waals surface area contributed by atoms with Crippen LogP contribution in [-0.2, 0) is 0 Å². The van der Waals surface area contributed by atoms with Crippen LogP contribution >= 0.6 is 11.6 Å². The fourth-order valence-corrected chi connectivity index (χ4v) is 1.57. The number of aromatic nitrogens is 1. The molecule has 1 aromatic heterocycles. The van der Waals surface area contributed by atoms with Gasteiger partial charge in [0.25, 0.3) is 0 Å². The number of nitrogens with one attached hydrogen (secondary N) is 1. The Kier molecular flexibility index (Phi) is 3.35. The van der Waals surface area contributed by atoms with E-state index in [0.29, 0.717) is 22.3 Å². The number of anilines is 3. The Morgan fingerprint density at radius 2 is 2.12 bits per heavy atom. The lowest BCUT2D eigenvalue weighted by Crippen LogP contribution is -1.97. The zero-order valence-corrected chi connectivity index (χ0v) is 10.0. The first-order chi connectivity index (χ1) is 8.19. The first-order valence-electron chi connectivity index (χ1n) is 5.01. The molecule has 0 radical (unpaired) electrons. The lowest BCUT2D eigenvalue weighted by Gasteiger charge is -2.10. The van der Waals surface area contributed by atoms with Gasteiger partial charge in [-0.3, -0.25) is 0 Å². The lowest BCUT2D eigenvalue weighted by atomic mass is 10.3. The Labute approximate surface area is 104 Å². The van der Waals surface area contributed by atoms with Gasteiger partial charge in [-0.05, 0) is 30.3 Å². The van der Waals surface area contributed by atoms with E-state index in [9.17, 15) is 0 Å². The zero-order chi connectivity index (χ0) is 12.3. The Morgan fingerprint density at radius 1 is 1.29 bits per heavy atom. The number of benzene rings is 1. The number of ether oxygens (including phenoxy) is 1. The highest BCUT2D eigenvalue weighted by Crippen LogP contribution is 2.29. The molecular formula is C12H12ClN3O. The SMILES string of the molecule is COc1ccc(Cl)cc1Nc1ccc(N)cn1. The van der Waals surface area contributed by atoms with E-state index in [1.807, 2.05) is 0 Å². The molecule has 1 heterocycles. The van der Waals surface area contributed by atoms with Gasteiger partial charge in [0.05, 0.1) is 24.7 Å². The zero-order valence-electron chi connectivity index (χ0n) is 9.27. The molecule has 88 valence electrons. The molecule has 0 atom stereocenters. The van der Waals surface area contributed by atoms with Crippen LogP contribution in [0.25, 0.3) is 0 Å². The van der Waals surface area contributed by atoms with Crippen LogP contribution in [0.1, 0.15) is 0 Å². The van der Waals surface area contributed by atoms with Crippen LogP contribution in [0.15, 0.2) is 36.5 Å². The van der Waals surface area contributed by atoms with Crippen LogP contribution in [0.4, 0.5) is 17.2 Å². The molecule has 0 saturated carbocycles. The molecule has 2 aromatic rings. The second kappa shape index (κ2) is 4.93. The Balaban J connectivity index is 2.28. The third-order valence-corrected chi connectivity index (χ3v) is 2.45. The van der Waals surface area contributed by atoms with Crippen molar-refractivity contribution in [2.45, 2.75) is 0 Å². The number of pyridine rings is 1. The fourth-order valence-electron chi connectivity index (χ4n) is 1.40. The van der Waals surface area contributed by atoms with Crippen LogP contribution < -0.4 is 15.8 Å². The van der Waals surface area contributed by atoms with Crippen molar-refractivity contribution in [1.29, 1.82) is 0 Å². The van der Waals surface area contributed by atoms with Crippen LogP contribution in [-0.4, -0.2) is 12.1 Å². The summed E-state index contributed by atoms with van der Waals surface area (Å²) in [7, 11) is 1.60. The quantitative estimate of drug-likeness (QED) is 0.878. The molecule has 0 spiro atoms. The second-order valence-electron chi connectivity index (χ2n) is 3.45. The number of hydrogen-bond acceptors (Lipinski definition) is 4. The first-order valence-corrected chi connectivity index (χ1v) is 5.39. The minimum Gasteiger partial charge on any atom is -0.495 e. The smallest absolute Gasteiger partial charge is 0.142 e. The van der Waals surface area contributed by atoms with E-state index >= 15 is 0 Å². The number of nitrogens with two attached hydrogens (primary N) is 1. The summed E-state index contributed by atoms with van der Waals surface area (Å²) in [5.74, 6) is 1.38. The van der Waals surface area contributed by atoms with Gasteiger partial charge in [-0.15, -0.1) is 0 Å². The molecular weight excluding hydrogens is 238 g/mol. The van der Waals surface area contributed by atoms with E-state index in [4.69, 9.17) is 22.1 Å².